The summed E-state index contributed by atoms with van der Waals surface area (Å²) in [5, 5.41) is 8.98. The maximum absolute atomic E-state index is 13.8. The third-order valence-electron chi connectivity index (χ3n) is 3.87. The van der Waals surface area contributed by atoms with Gasteiger partial charge in [0.05, 0.1) is 10.5 Å². The van der Waals surface area contributed by atoms with Crippen LogP contribution in [0, 0.1) is 12.7 Å². The van der Waals surface area contributed by atoms with E-state index in [1.54, 1.807) is 0 Å². The molecule has 116 valence electrons. The molecule has 1 N–H and O–H groups in total. The number of carboxylic acids is 1. The van der Waals surface area contributed by atoms with Gasteiger partial charge in [-0.2, -0.15) is 4.31 Å². The van der Waals surface area contributed by atoms with Crippen LogP contribution in [0.1, 0.15) is 42.1 Å². The smallest absolute Gasteiger partial charge is 0.335 e. The number of carbonyl (C=O) groups is 1. The predicted octanol–water partition coefficient (Wildman–Crippen LogP) is 2.40. The minimum atomic E-state index is -3.89. The molecule has 0 bridgehead atoms. The Morgan fingerprint density at radius 3 is 2.62 bits per heavy atom. The molecule has 1 fully saturated rings. The van der Waals surface area contributed by atoms with Gasteiger partial charge in [-0.05, 0) is 38.8 Å². The van der Waals surface area contributed by atoms with E-state index in [4.69, 9.17) is 5.11 Å². The number of hydrogen-bond acceptors (Lipinski definition) is 3. The van der Waals surface area contributed by atoms with E-state index in [1.807, 2.05) is 6.92 Å². The summed E-state index contributed by atoms with van der Waals surface area (Å²) >= 11 is 0. The van der Waals surface area contributed by atoms with Crippen LogP contribution in [-0.4, -0.2) is 36.4 Å². The fourth-order valence-corrected chi connectivity index (χ4v) is 4.56. The van der Waals surface area contributed by atoms with Crippen molar-refractivity contribution in [2.45, 2.75) is 44.0 Å². The van der Waals surface area contributed by atoms with E-state index in [1.165, 1.54) is 11.2 Å². The fraction of sp³-hybridized carbons (Fsp3) is 0.500. The first kappa shape index (κ1) is 15.9. The number of piperidine rings is 1. The van der Waals surface area contributed by atoms with E-state index in [-0.39, 0.29) is 22.1 Å². The van der Waals surface area contributed by atoms with Gasteiger partial charge in [0.15, 0.2) is 0 Å². The van der Waals surface area contributed by atoms with Crippen LogP contribution in [0.4, 0.5) is 4.39 Å². The molecule has 1 heterocycles. The van der Waals surface area contributed by atoms with Gasteiger partial charge in [-0.3, -0.25) is 0 Å². The van der Waals surface area contributed by atoms with Crippen LogP contribution < -0.4 is 0 Å². The van der Waals surface area contributed by atoms with Crippen LogP contribution in [0.2, 0.25) is 0 Å². The van der Waals surface area contributed by atoms with Crippen LogP contribution in [0.25, 0.3) is 0 Å². The molecule has 0 radical (unpaired) electrons. The Morgan fingerprint density at radius 2 is 2.05 bits per heavy atom. The predicted molar refractivity (Wildman–Crippen MR) is 75.3 cm³/mol. The third-order valence-corrected chi connectivity index (χ3v) is 6.01. The standard InChI is InChI=1S/C14H18FNO4S/c1-9-5-3-4-6-16(9)21(19,20)13-8-11(14(17)18)7-12(15)10(13)2/h7-9H,3-6H2,1-2H3,(H,17,18). The molecule has 0 aromatic heterocycles. The second-order valence-corrected chi connectivity index (χ2v) is 7.21. The number of rotatable bonds is 3. The monoisotopic (exact) mass is 315 g/mol. The van der Waals surface area contributed by atoms with Crippen molar-refractivity contribution in [1.29, 1.82) is 0 Å². The molecule has 2 rings (SSSR count). The Labute approximate surface area is 123 Å². The van der Waals surface area contributed by atoms with Crippen molar-refractivity contribution in [2.75, 3.05) is 6.54 Å². The van der Waals surface area contributed by atoms with Crippen LogP contribution >= 0.6 is 0 Å². The minimum Gasteiger partial charge on any atom is -0.478 e. The Bertz CT molecular complexity index is 672. The second kappa shape index (κ2) is 5.73. The van der Waals surface area contributed by atoms with E-state index in [0.29, 0.717) is 6.54 Å². The highest BCUT2D eigenvalue weighted by molar-refractivity contribution is 7.89. The SMILES string of the molecule is Cc1c(F)cc(C(=O)O)cc1S(=O)(=O)N1CCCCC1C. The maximum Gasteiger partial charge on any atom is 0.335 e. The molecular formula is C14H18FNO4S. The summed E-state index contributed by atoms with van der Waals surface area (Å²) in [5.74, 6) is -2.17. The lowest BCUT2D eigenvalue weighted by Gasteiger charge is -2.32. The molecule has 0 aliphatic carbocycles. The number of halogens is 1. The van der Waals surface area contributed by atoms with Gasteiger partial charge < -0.3 is 5.11 Å². The Kier molecular flexibility index (Phi) is 4.34. The Morgan fingerprint density at radius 1 is 1.38 bits per heavy atom. The lowest BCUT2D eigenvalue weighted by molar-refractivity contribution is 0.0696. The van der Waals surface area contributed by atoms with E-state index in [0.717, 1.165) is 31.4 Å². The topological polar surface area (TPSA) is 74.7 Å². The molecule has 1 saturated heterocycles. The van der Waals surface area contributed by atoms with Gasteiger partial charge in [-0.15, -0.1) is 0 Å². The summed E-state index contributed by atoms with van der Waals surface area (Å²) < 4.78 is 40.6. The summed E-state index contributed by atoms with van der Waals surface area (Å²) in [5.41, 5.74) is -0.404. The Hall–Kier alpha value is -1.47. The second-order valence-electron chi connectivity index (χ2n) is 5.35. The van der Waals surface area contributed by atoms with Crippen LogP contribution in [0.5, 0.6) is 0 Å². The van der Waals surface area contributed by atoms with E-state index >= 15 is 0 Å². The quantitative estimate of drug-likeness (QED) is 0.929. The van der Waals surface area contributed by atoms with Gasteiger partial charge in [0.1, 0.15) is 5.82 Å². The summed E-state index contributed by atoms with van der Waals surface area (Å²) in [6, 6.07) is 1.72. The number of carboxylic acid groups (broad SMARTS) is 1. The molecule has 1 aliphatic rings. The van der Waals surface area contributed by atoms with Gasteiger partial charge >= 0.3 is 5.97 Å². The van der Waals surface area contributed by atoms with Gasteiger partial charge in [0.25, 0.3) is 0 Å². The molecule has 1 atom stereocenters. The van der Waals surface area contributed by atoms with Crippen LogP contribution in [0.3, 0.4) is 0 Å². The summed E-state index contributed by atoms with van der Waals surface area (Å²) in [6.45, 7) is 3.54. The molecule has 1 unspecified atom stereocenters. The van der Waals surface area contributed by atoms with E-state index < -0.39 is 21.8 Å². The van der Waals surface area contributed by atoms with Crippen molar-refractivity contribution >= 4 is 16.0 Å². The number of nitrogens with zero attached hydrogens (tertiary/aromatic N) is 1. The van der Waals surface area contributed by atoms with Crippen molar-refractivity contribution in [2.24, 2.45) is 0 Å². The van der Waals surface area contributed by atoms with Gasteiger partial charge in [0.2, 0.25) is 10.0 Å². The maximum atomic E-state index is 13.8. The van der Waals surface area contributed by atoms with E-state index in [2.05, 4.69) is 0 Å². The van der Waals surface area contributed by atoms with Crippen LogP contribution in [0.15, 0.2) is 17.0 Å². The number of sulfonamides is 1. The largest absolute Gasteiger partial charge is 0.478 e. The highest BCUT2D eigenvalue weighted by Crippen LogP contribution is 2.28. The first-order valence-electron chi connectivity index (χ1n) is 6.80. The number of hydrogen-bond donors (Lipinski definition) is 1. The molecule has 5 nitrogen and oxygen atoms in total. The van der Waals surface area contributed by atoms with Crippen molar-refractivity contribution in [3.05, 3.63) is 29.1 Å². The minimum absolute atomic E-state index is 0.0437. The third kappa shape index (κ3) is 2.94. The first-order chi connectivity index (χ1) is 9.75. The number of benzene rings is 1. The van der Waals surface area contributed by atoms with Crippen molar-refractivity contribution < 1.29 is 22.7 Å². The molecular weight excluding hydrogens is 297 g/mol. The van der Waals surface area contributed by atoms with Crippen molar-refractivity contribution in [3.8, 4) is 0 Å². The van der Waals surface area contributed by atoms with Gasteiger partial charge in [-0.1, -0.05) is 6.42 Å². The molecule has 0 amide bonds. The molecule has 7 heteroatoms. The van der Waals surface area contributed by atoms with Crippen LogP contribution in [-0.2, 0) is 10.0 Å². The molecule has 1 aliphatic heterocycles. The lowest BCUT2D eigenvalue weighted by Crippen LogP contribution is -2.42. The molecule has 1 aromatic carbocycles. The molecule has 1 aromatic rings. The zero-order valence-electron chi connectivity index (χ0n) is 12.0. The van der Waals surface area contributed by atoms with Crippen molar-refractivity contribution in [3.63, 3.8) is 0 Å². The highest BCUT2D eigenvalue weighted by Gasteiger charge is 2.33. The van der Waals surface area contributed by atoms with E-state index in [9.17, 15) is 17.6 Å². The van der Waals surface area contributed by atoms with Gasteiger partial charge in [-0.25, -0.2) is 17.6 Å². The average Bonchev–Trinajstić information content (AvgIpc) is 2.41. The summed E-state index contributed by atoms with van der Waals surface area (Å²) in [7, 11) is -3.89. The lowest BCUT2D eigenvalue weighted by atomic mass is 10.1. The Balaban J connectivity index is 2.56. The zero-order chi connectivity index (χ0) is 15.8. The normalized spacial score (nSPS) is 20.4. The van der Waals surface area contributed by atoms with Gasteiger partial charge in [0, 0.05) is 18.2 Å². The fourth-order valence-electron chi connectivity index (χ4n) is 2.60. The highest BCUT2D eigenvalue weighted by atomic mass is 32.2. The zero-order valence-corrected chi connectivity index (χ0v) is 12.8. The molecule has 0 spiro atoms. The molecule has 21 heavy (non-hydrogen) atoms. The molecule has 0 saturated carbocycles. The first-order valence-corrected chi connectivity index (χ1v) is 8.24. The summed E-state index contributed by atoms with van der Waals surface area (Å²) in [4.78, 5) is 10.8. The summed E-state index contributed by atoms with van der Waals surface area (Å²) in [6.07, 6.45) is 2.46. The van der Waals surface area contributed by atoms with Crippen molar-refractivity contribution in [1.82, 2.24) is 4.31 Å². The average molecular weight is 315 g/mol. The number of aromatic carboxylic acids is 1.